The Kier molecular flexibility index (Phi) is 7.62. The van der Waals surface area contributed by atoms with E-state index in [0.29, 0.717) is 6.61 Å². The standard InChI is InChI=1S/C56H36N2OS2/c1-2-59-52-30-27-36(57-47-21-7-3-13-39(47)45-31-34(25-28-49(45)57)37-17-11-19-43-41-15-5-9-23-53(41)60-55(37)43)33-51(52)58-48-22-8-4-14-40(48)46-32-35(26-29-50(46)58)38-18-12-20-44-42-16-6-10-24-54(42)61-56(38)44/h3-33H,2H2,1H3. The van der Waals surface area contributed by atoms with Crippen LogP contribution in [0.2, 0.25) is 0 Å². The van der Waals surface area contributed by atoms with Crippen LogP contribution in [-0.4, -0.2) is 15.7 Å². The number of benzene rings is 9. The minimum atomic E-state index is 0.567. The van der Waals surface area contributed by atoms with Gasteiger partial charge in [-0.05, 0) is 95.9 Å². The second kappa shape index (κ2) is 13.4. The number of rotatable bonds is 6. The van der Waals surface area contributed by atoms with Gasteiger partial charge in [-0.1, -0.05) is 121 Å². The van der Waals surface area contributed by atoms with Gasteiger partial charge in [-0.3, -0.25) is 0 Å². The van der Waals surface area contributed by atoms with E-state index in [9.17, 15) is 0 Å². The van der Waals surface area contributed by atoms with E-state index < -0.39 is 0 Å². The van der Waals surface area contributed by atoms with E-state index in [1.807, 2.05) is 22.7 Å². The molecular weight excluding hydrogens is 781 g/mol. The number of fused-ring (bicyclic) bond motifs is 12. The smallest absolute Gasteiger partial charge is 0.143 e. The van der Waals surface area contributed by atoms with Gasteiger partial charge >= 0.3 is 0 Å². The van der Waals surface area contributed by atoms with Crippen LogP contribution in [0.3, 0.4) is 0 Å². The zero-order valence-corrected chi connectivity index (χ0v) is 34.9. The number of hydrogen-bond donors (Lipinski definition) is 0. The summed E-state index contributed by atoms with van der Waals surface area (Å²) in [6, 6.07) is 69.2. The minimum absolute atomic E-state index is 0.567. The molecule has 0 amide bonds. The third-order valence-corrected chi connectivity index (χ3v) is 15.0. The van der Waals surface area contributed by atoms with Crippen molar-refractivity contribution >= 4 is 107 Å². The number of ether oxygens (including phenoxy) is 1. The third kappa shape index (κ3) is 5.15. The van der Waals surface area contributed by atoms with E-state index in [1.54, 1.807) is 0 Å². The zero-order chi connectivity index (χ0) is 40.2. The summed E-state index contributed by atoms with van der Waals surface area (Å²) in [6.45, 7) is 2.63. The van der Waals surface area contributed by atoms with Crippen molar-refractivity contribution in [2.24, 2.45) is 0 Å². The molecule has 0 spiro atoms. The molecule has 4 aromatic heterocycles. The van der Waals surface area contributed by atoms with E-state index in [0.717, 1.165) is 28.2 Å². The first kappa shape index (κ1) is 34.7. The highest BCUT2D eigenvalue weighted by atomic mass is 32.1. The van der Waals surface area contributed by atoms with E-state index >= 15 is 0 Å². The number of nitrogens with zero attached hydrogens (tertiary/aromatic N) is 2. The van der Waals surface area contributed by atoms with Gasteiger partial charge in [-0.15, -0.1) is 22.7 Å². The molecule has 0 N–H and O–H groups in total. The second-order valence-electron chi connectivity index (χ2n) is 15.8. The summed E-state index contributed by atoms with van der Waals surface area (Å²) in [6.07, 6.45) is 0. The minimum Gasteiger partial charge on any atom is -0.492 e. The van der Waals surface area contributed by atoms with Crippen molar-refractivity contribution in [3.05, 3.63) is 188 Å². The molecule has 4 heterocycles. The molecule has 0 saturated heterocycles. The lowest BCUT2D eigenvalue weighted by atomic mass is 10.0. The lowest BCUT2D eigenvalue weighted by Gasteiger charge is -2.17. The van der Waals surface area contributed by atoms with Crippen LogP contribution < -0.4 is 4.74 Å². The van der Waals surface area contributed by atoms with Crippen molar-refractivity contribution in [2.75, 3.05) is 6.61 Å². The van der Waals surface area contributed by atoms with Crippen LogP contribution in [0.25, 0.3) is 118 Å². The molecular formula is C56H36N2OS2. The fraction of sp³-hybridized carbons (Fsp3) is 0.0357. The SMILES string of the molecule is CCOc1ccc(-n2c3ccccc3c3cc(-c4cccc5c4sc4ccccc45)ccc32)cc1-n1c2ccccc2c2cc(-c3cccc4c3sc3ccccc34)ccc21. The van der Waals surface area contributed by atoms with E-state index in [-0.39, 0.29) is 0 Å². The van der Waals surface area contributed by atoms with Crippen LogP contribution >= 0.6 is 22.7 Å². The predicted molar refractivity (Wildman–Crippen MR) is 263 cm³/mol. The number of para-hydroxylation sites is 2. The van der Waals surface area contributed by atoms with Gasteiger partial charge in [0.1, 0.15) is 5.75 Å². The second-order valence-corrected chi connectivity index (χ2v) is 17.9. The topological polar surface area (TPSA) is 19.1 Å². The molecule has 9 aromatic carbocycles. The Balaban J connectivity index is 1.00. The maximum Gasteiger partial charge on any atom is 0.143 e. The summed E-state index contributed by atoms with van der Waals surface area (Å²) in [4.78, 5) is 0. The van der Waals surface area contributed by atoms with E-state index in [4.69, 9.17) is 4.74 Å². The maximum absolute atomic E-state index is 6.47. The molecule has 0 bridgehead atoms. The molecule has 288 valence electrons. The van der Waals surface area contributed by atoms with Crippen molar-refractivity contribution in [3.63, 3.8) is 0 Å². The Labute approximate surface area is 359 Å². The molecule has 61 heavy (non-hydrogen) atoms. The molecule has 13 aromatic rings. The first-order valence-electron chi connectivity index (χ1n) is 20.9. The summed E-state index contributed by atoms with van der Waals surface area (Å²) >= 11 is 3.76. The van der Waals surface area contributed by atoms with Crippen molar-refractivity contribution < 1.29 is 4.74 Å². The Morgan fingerprint density at radius 3 is 1.44 bits per heavy atom. The van der Waals surface area contributed by atoms with Crippen LogP contribution in [0.15, 0.2) is 188 Å². The summed E-state index contributed by atoms with van der Waals surface area (Å²) in [5.41, 5.74) is 11.7. The molecule has 0 radical (unpaired) electrons. The van der Waals surface area contributed by atoms with Crippen molar-refractivity contribution in [2.45, 2.75) is 6.92 Å². The molecule has 0 atom stereocenters. The Hall–Kier alpha value is -7.18. The largest absolute Gasteiger partial charge is 0.492 e. The normalized spacial score (nSPS) is 12.1. The van der Waals surface area contributed by atoms with Crippen molar-refractivity contribution in [3.8, 4) is 39.4 Å². The molecule has 0 aliphatic carbocycles. The van der Waals surface area contributed by atoms with Gasteiger partial charge in [0.15, 0.2) is 0 Å². The van der Waals surface area contributed by atoms with Crippen LogP contribution in [0.1, 0.15) is 6.92 Å². The fourth-order valence-electron chi connectivity index (χ4n) is 9.86. The third-order valence-electron chi connectivity index (χ3n) is 12.5. The number of aromatic nitrogens is 2. The molecule has 5 heteroatoms. The number of hydrogen-bond acceptors (Lipinski definition) is 3. The van der Waals surface area contributed by atoms with Crippen molar-refractivity contribution in [1.82, 2.24) is 9.13 Å². The number of thiophene rings is 2. The molecule has 13 rings (SSSR count). The maximum atomic E-state index is 6.47. The van der Waals surface area contributed by atoms with Crippen LogP contribution in [0, 0.1) is 0 Å². The average Bonchev–Trinajstić information content (AvgIpc) is 4.07. The quantitative estimate of drug-likeness (QED) is 0.164. The Morgan fingerprint density at radius 2 is 0.869 bits per heavy atom. The van der Waals surface area contributed by atoms with Gasteiger partial charge < -0.3 is 13.9 Å². The molecule has 0 fully saturated rings. The predicted octanol–water partition coefficient (Wildman–Crippen LogP) is 16.3. The Morgan fingerprint density at radius 1 is 0.393 bits per heavy atom. The molecule has 0 unspecified atom stereocenters. The van der Waals surface area contributed by atoms with Crippen LogP contribution in [0.5, 0.6) is 5.75 Å². The molecule has 0 aliphatic rings. The lowest BCUT2D eigenvalue weighted by molar-refractivity contribution is 0.339. The highest BCUT2D eigenvalue weighted by Crippen LogP contribution is 2.45. The first-order chi connectivity index (χ1) is 30.2. The molecule has 3 nitrogen and oxygen atoms in total. The van der Waals surface area contributed by atoms with Crippen LogP contribution in [-0.2, 0) is 0 Å². The van der Waals surface area contributed by atoms with Crippen LogP contribution in [0.4, 0.5) is 0 Å². The van der Waals surface area contributed by atoms with Gasteiger partial charge in [0.2, 0.25) is 0 Å². The Bertz CT molecular complexity index is 3920. The monoisotopic (exact) mass is 816 g/mol. The van der Waals surface area contributed by atoms with Gasteiger partial charge in [0, 0.05) is 67.6 Å². The highest BCUT2D eigenvalue weighted by Gasteiger charge is 2.21. The summed E-state index contributed by atoms with van der Waals surface area (Å²) in [5, 5.41) is 10.2. The summed E-state index contributed by atoms with van der Waals surface area (Å²) < 4.78 is 16.6. The fourth-order valence-corrected chi connectivity index (χ4v) is 12.3. The zero-order valence-electron chi connectivity index (χ0n) is 33.2. The van der Waals surface area contributed by atoms with Gasteiger partial charge in [0.05, 0.1) is 34.4 Å². The van der Waals surface area contributed by atoms with Gasteiger partial charge in [0.25, 0.3) is 0 Å². The van der Waals surface area contributed by atoms with E-state index in [2.05, 4.69) is 204 Å². The molecule has 0 saturated carbocycles. The molecule has 0 aliphatic heterocycles. The van der Waals surface area contributed by atoms with Crippen molar-refractivity contribution in [1.29, 1.82) is 0 Å². The summed E-state index contributed by atoms with van der Waals surface area (Å²) in [7, 11) is 0. The summed E-state index contributed by atoms with van der Waals surface area (Å²) in [5.74, 6) is 0.854. The van der Waals surface area contributed by atoms with Gasteiger partial charge in [-0.25, -0.2) is 0 Å². The average molecular weight is 817 g/mol. The van der Waals surface area contributed by atoms with Gasteiger partial charge in [-0.2, -0.15) is 0 Å². The van der Waals surface area contributed by atoms with E-state index in [1.165, 1.54) is 95.2 Å². The lowest BCUT2D eigenvalue weighted by Crippen LogP contribution is -2.03. The highest BCUT2D eigenvalue weighted by molar-refractivity contribution is 7.26. The first-order valence-corrected chi connectivity index (χ1v) is 22.5.